The highest BCUT2D eigenvalue weighted by Crippen LogP contribution is 2.34. The van der Waals surface area contributed by atoms with Crippen LogP contribution in [0.5, 0.6) is 0 Å². The number of halogens is 2. The van der Waals surface area contributed by atoms with E-state index in [0.29, 0.717) is 15.6 Å². The van der Waals surface area contributed by atoms with Crippen LogP contribution in [0.25, 0.3) is 10.1 Å². The van der Waals surface area contributed by atoms with Gasteiger partial charge in [-0.3, -0.25) is 9.59 Å². The number of aryl methyl sites for hydroxylation is 1. The zero-order valence-electron chi connectivity index (χ0n) is 13.2. The number of hydrogen-bond donors (Lipinski definition) is 2. The summed E-state index contributed by atoms with van der Waals surface area (Å²) in [6.07, 6.45) is 0. The second-order valence-electron chi connectivity index (χ2n) is 5.43. The summed E-state index contributed by atoms with van der Waals surface area (Å²) in [5.41, 5.74) is 1.10. The molecule has 2 N–H and O–H groups in total. The smallest absolute Gasteiger partial charge is 0.263 e. The number of carbonyl (C=O) groups excluding carboxylic acids is 2. The number of carbonyl (C=O) groups is 2. The van der Waals surface area contributed by atoms with Gasteiger partial charge in [-0.15, -0.1) is 11.3 Å². The van der Waals surface area contributed by atoms with Gasteiger partial charge < -0.3 is 10.6 Å². The number of rotatable bonds is 4. The lowest BCUT2D eigenvalue weighted by atomic mass is 10.2. The molecule has 0 saturated carbocycles. The Kier molecular flexibility index (Phi) is 5.01. The molecule has 2 aromatic carbocycles. The van der Waals surface area contributed by atoms with Crippen molar-refractivity contribution in [2.75, 3.05) is 11.9 Å². The Morgan fingerprint density at radius 3 is 2.72 bits per heavy atom. The van der Waals surface area contributed by atoms with E-state index < -0.39 is 17.6 Å². The van der Waals surface area contributed by atoms with E-state index in [-0.39, 0.29) is 6.54 Å². The molecule has 0 bridgehead atoms. The van der Waals surface area contributed by atoms with Crippen LogP contribution in [0.2, 0.25) is 5.02 Å². The molecule has 0 aliphatic carbocycles. The fourth-order valence-corrected chi connectivity index (χ4v) is 3.76. The average Bonchev–Trinajstić information content (AvgIpc) is 2.93. The van der Waals surface area contributed by atoms with Gasteiger partial charge in [-0.1, -0.05) is 35.9 Å². The second-order valence-corrected chi connectivity index (χ2v) is 6.86. The van der Waals surface area contributed by atoms with Crippen molar-refractivity contribution in [2.24, 2.45) is 0 Å². The van der Waals surface area contributed by atoms with Gasteiger partial charge in [0.05, 0.1) is 11.6 Å². The lowest BCUT2D eigenvalue weighted by Crippen LogP contribution is -2.32. The summed E-state index contributed by atoms with van der Waals surface area (Å²) in [5.74, 6) is -1.31. The summed E-state index contributed by atoms with van der Waals surface area (Å²) >= 11 is 7.51. The minimum atomic E-state index is -0.445. The molecule has 0 fully saturated rings. The molecule has 0 radical (unpaired) electrons. The minimum Gasteiger partial charge on any atom is -0.342 e. The van der Waals surface area contributed by atoms with Gasteiger partial charge in [0.2, 0.25) is 5.91 Å². The highest BCUT2D eigenvalue weighted by Gasteiger charge is 2.17. The van der Waals surface area contributed by atoms with Crippen LogP contribution in [-0.4, -0.2) is 18.4 Å². The van der Waals surface area contributed by atoms with E-state index in [1.54, 1.807) is 13.0 Å². The topological polar surface area (TPSA) is 58.2 Å². The maximum Gasteiger partial charge on any atom is 0.263 e. The van der Waals surface area contributed by atoms with E-state index in [2.05, 4.69) is 10.6 Å². The van der Waals surface area contributed by atoms with Crippen molar-refractivity contribution in [3.63, 3.8) is 0 Å². The molecule has 25 heavy (non-hydrogen) atoms. The number of thiophene rings is 1. The first-order valence-corrected chi connectivity index (χ1v) is 8.66. The molecule has 3 rings (SSSR count). The number of benzene rings is 2. The van der Waals surface area contributed by atoms with Gasteiger partial charge in [0.25, 0.3) is 5.91 Å². The van der Waals surface area contributed by atoms with Gasteiger partial charge in [0.15, 0.2) is 0 Å². The number of anilines is 1. The van der Waals surface area contributed by atoms with E-state index in [1.807, 2.05) is 24.3 Å². The third-order valence-corrected chi connectivity index (χ3v) is 5.30. The van der Waals surface area contributed by atoms with Gasteiger partial charge in [-0.05, 0) is 30.7 Å². The zero-order chi connectivity index (χ0) is 18.0. The van der Waals surface area contributed by atoms with Crippen molar-refractivity contribution in [3.8, 4) is 0 Å². The van der Waals surface area contributed by atoms with Crippen molar-refractivity contribution < 1.29 is 14.0 Å². The Morgan fingerprint density at radius 2 is 1.96 bits per heavy atom. The van der Waals surface area contributed by atoms with Crippen LogP contribution in [0.1, 0.15) is 15.2 Å². The molecular weight excluding hydrogens is 363 g/mol. The van der Waals surface area contributed by atoms with Gasteiger partial charge in [0.1, 0.15) is 10.7 Å². The summed E-state index contributed by atoms with van der Waals surface area (Å²) in [7, 11) is 0. The van der Waals surface area contributed by atoms with Crippen molar-refractivity contribution in [3.05, 3.63) is 63.7 Å². The Balaban J connectivity index is 1.66. The molecule has 128 valence electrons. The molecule has 2 amide bonds. The van der Waals surface area contributed by atoms with Gasteiger partial charge in [0, 0.05) is 15.8 Å². The number of fused-ring (bicyclic) bond motifs is 1. The second kappa shape index (κ2) is 7.21. The highest BCUT2D eigenvalue weighted by atomic mass is 35.5. The van der Waals surface area contributed by atoms with Crippen LogP contribution in [0.15, 0.2) is 42.5 Å². The van der Waals surface area contributed by atoms with E-state index in [4.69, 9.17) is 11.6 Å². The Morgan fingerprint density at radius 1 is 1.20 bits per heavy atom. The monoisotopic (exact) mass is 376 g/mol. The summed E-state index contributed by atoms with van der Waals surface area (Å²) in [5, 5.41) is 6.29. The Hall–Kier alpha value is -2.44. The molecule has 0 aliphatic heterocycles. The van der Waals surface area contributed by atoms with Crippen molar-refractivity contribution >= 4 is 50.5 Å². The molecule has 1 heterocycles. The molecule has 0 unspecified atom stereocenters. The molecule has 0 atom stereocenters. The van der Waals surface area contributed by atoms with Crippen molar-refractivity contribution in [1.29, 1.82) is 0 Å². The van der Waals surface area contributed by atoms with Crippen LogP contribution >= 0.6 is 22.9 Å². The molecule has 7 heteroatoms. The van der Waals surface area contributed by atoms with Crippen molar-refractivity contribution in [1.82, 2.24) is 5.32 Å². The van der Waals surface area contributed by atoms with Crippen LogP contribution in [0, 0.1) is 12.7 Å². The molecule has 1 aromatic heterocycles. The van der Waals surface area contributed by atoms with E-state index in [1.165, 1.54) is 23.5 Å². The summed E-state index contributed by atoms with van der Waals surface area (Å²) in [4.78, 5) is 24.6. The van der Waals surface area contributed by atoms with Crippen LogP contribution in [0.3, 0.4) is 0 Å². The SMILES string of the molecule is Cc1ccc(F)cc1NC(=O)CNC(=O)c1sc2ccccc2c1Cl. The van der Waals surface area contributed by atoms with E-state index in [9.17, 15) is 14.0 Å². The highest BCUT2D eigenvalue weighted by molar-refractivity contribution is 7.21. The predicted octanol–water partition coefficient (Wildman–Crippen LogP) is 4.37. The maximum atomic E-state index is 13.2. The fourth-order valence-electron chi connectivity index (χ4n) is 2.32. The largest absolute Gasteiger partial charge is 0.342 e. The molecule has 0 aliphatic rings. The van der Waals surface area contributed by atoms with E-state index >= 15 is 0 Å². The maximum absolute atomic E-state index is 13.2. The molecule has 4 nitrogen and oxygen atoms in total. The first-order valence-electron chi connectivity index (χ1n) is 7.47. The molecule has 3 aromatic rings. The summed E-state index contributed by atoms with van der Waals surface area (Å²) in [6, 6.07) is 11.5. The Bertz CT molecular complexity index is 971. The lowest BCUT2D eigenvalue weighted by molar-refractivity contribution is -0.115. The quantitative estimate of drug-likeness (QED) is 0.710. The third kappa shape index (κ3) is 3.81. The predicted molar refractivity (Wildman–Crippen MR) is 98.9 cm³/mol. The van der Waals surface area contributed by atoms with Gasteiger partial charge >= 0.3 is 0 Å². The Labute approximate surface area is 152 Å². The molecule has 0 saturated heterocycles. The minimum absolute atomic E-state index is 0.237. The van der Waals surface area contributed by atoms with Crippen LogP contribution in [0.4, 0.5) is 10.1 Å². The first kappa shape index (κ1) is 17.4. The standard InChI is InChI=1S/C18H14ClFN2O2S/c1-10-6-7-11(20)8-13(10)22-15(23)9-21-18(24)17-16(19)12-4-2-3-5-14(12)25-17/h2-8H,9H2,1H3,(H,21,24)(H,22,23). The summed E-state index contributed by atoms with van der Waals surface area (Å²) < 4.78 is 14.1. The van der Waals surface area contributed by atoms with Crippen molar-refractivity contribution in [2.45, 2.75) is 6.92 Å². The normalized spacial score (nSPS) is 10.7. The number of nitrogens with one attached hydrogen (secondary N) is 2. The van der Waals surface area contributed by atoms with Crippen LogP contribution < -0.4 is 10.6 Å². The summed E-state index contributed by atoms with van der Waals surface area (Å²) in [6.45, 7) is 1.52. The van der Waals surface area contributed by atoms with Gasteiger partial charge in [-0.25, -0.2) is 4.39 Å². The number of hydrogen-bond acceptors (Lipinski definition) is 3. The van der Waals surface area contributed by atoms with Crippen LogP contribution in [-0.2, 0) is 4.79 Å². The number of amides is 2. The molecule has 0 spiro atoms. The third-order valence-electron chi connectivity index (χ3n) is 3.62. The average molecular weight is 377 g/mol. The zero-order valence-corrected chi connectivity index (χ0v) is 14.8. The van der Waals surface area contributed by atoms with E-state index in [0.717, 1.165) is 15.6 Å². The lowest BCUT2D eigenvalue weighted by Gasteiger charge is -2.09. The first-order chi connectivity index (χ1) is 12.0. The molecular formula is C18H14ClFN2O2S. The van der Waals surface area contributed by atoms with Gasteiger partial charge in [-0.2, -0.15) is 0 Å². The fraction of sp³-hybridized carbons (Fsp3) is 0.111.